The zero-order valence-electron chi connectivity index (χ0n) is 17.1. The molecule has 0 saturated carbocycles. The summed E-state index contributed by atoms with van der Waals surface area (Å²) in [5.74, 6) is 1.35. The standard InChI is InChI=1S/C23H19F2N3O3S/c1-15-19(11-12-30-15)21-26-27-23(28(21)13-16-5-3-2-4-6-16)32-14-20(29)17-7-9-18(10-8-17)31-22(24)25/h2-12,22H,13-14H2,1H3. The molecule has 0 unspecified atom stereocenters. The minimum Gasteiger partial charge on any atom is -0.469 e. The minimum absolute atomic E-state index is 0.00642. The maximum Gasteiger partial charge on any atom is 0.387 e. The first kappa shape index (κ1) is 21.8. The molecule has 4 rings (SSSR count). The van der Waals surface area contributed by atoms with Crippen LogP contribution in [0.2, 0.25) is 0 Å². The number of thioether (sulfide) groups is 1. The Morgan fingerprint density at radius 3 is 2.50 bits per heavy atom. The van der Waals surface area contributed by atoms with Gasteiger partial charge in [-0.15, -0.1) is 10.2 Å². The Morgan fingerprint density at radius 1 is 1.09 bits per heavy atom. The largest absolute Gasteiger partial charge is 0.469 e. The second-order valence-corrected chi connectivity index (χ2v) is 7.83. The van der Waals surface area contributed by atoms with Crippen molar-refractivity contribution >= 4 is 17.5 Å². The number of carbonyl (C=O) groups excluding carboxylic acids is 1. The van der Waals surface area contributed by atoms with E-state index in [-0.39, 0.29) is 17.3 Å². The summed E-state index contributed by atoms with van der Waals surface area (Å²) in [6.45, 7) is -0.519. The van der Waals surface area contributed by atoms with Crippen molar-refractivity contribution in [3.63, 3.8) is 0 Å². The Kier molecular flexibility index (Phi) is 6.65. The maximum atomic E-state index is 12.6. The highest BCUT2D eigenvalue weighted by atomic mass is 32.2. The van der Waals surface area contributed by atoms with Crippen LogP contribution in [0, 0.1) is 6.92 Å². The number of hydrogen-bond acceptors (Lipinski definition) is 6. The highest BCUT2D eigenvalue weighted by Crippen LogP contribution is 2.28. The van der Waals surface area contributed by atoms with E-state index in [9.17, 15) is 13.6 Å². The van der Waals surface area contributed by atoms with Crippen LogP contribution in [-0.2, 0) is 6.54 Å². The van der Waals surface area contributed by atoms with Crippen LogP contribution in [0.3, 0.4) is 0 Å². The number of carbonyl (C=O) groups is 1. The fourth-order valence-electron chi connectivity index (χ4n) is 3.16. The number of alkyl halides is 2. The first-order valence-corrected chi connectivity index (χ1v) is 10.7. The number of aryl methyl sites for hydroxylation is 1. The van der Waals surface area contributed by atoms with Gasteiger partial charge in [0.2, 0.25) is 0 Å². The number of Topliss-reactive ketones (excluding diaryl/α,β-unsaturated/α-hetero) is 1. The number of ether oxygens (including phenoxy) is 1. The maximum absolute atomic E-state index is 12.6. The lowest BCUT2D eigenvalue weighted by Crippen LogP contribution is -2.07. The van der Waals surface area contributed by atoms with Crippen molar-refractivity contribution in [2.45, 2.75) is 25.2 Å². The number of hydrogen-bond donors (Lipinski definition) is 0. The van der Waals surface area contributed by atoms with Gasteiger partial charge >= 0.3 is 6.61 Å². The van der Waals surface area contributed by atoms with Gasteiger partial charge in [-0.05, 0) is 42.8 Å². The van der Waals surface area contributed by atoms with Crippen LogP contribution < -0.4 is 4.74 Å². The number of nitrogens with zero attached hydrogens (tertiary/aromatic N) is 3. The predicted octanol–water partition coefficient (Wildman–Crippen LogP) is 5.47. The number of furan rings is 1. The van der Waals surface area contributed by atoms with E-state index >= 15 is 0 Å². The van der Waals surface area contributed by atoms with Crippen molar-refractivity contribution in [1.82, 2.24) is 14.8 Å². The van der Waals surface area contributed by atoms with Crippen LogP contribution in [0.15, 0.2) is 76.5 Å². The van der Waals surface area contributed by atoms with Crippen LogP contribution in [0.25, 0.3) is 11.4 Å². The lowest BCUT2D eigenvalue weighted by atomic mass is 10.1. The van der Waals surface area contributed by atoms with Gasteiger partial charge in [0.25, 0.3) is 0 Å². The Hall–Kier alpha value is -3.46. The molecule has 0 amide bonds. The van der Waals surface area contributed by atoms with Crippen LogP contribution >= 0.6 is 11.8 Å². The van der Waals surface area contributed by atoms with Gasteiger partial charge in [0.05, 0.1) is 24.1 Å². The number of rotatable bonds is 9. The van der Waals surface area contributed by atoms with Crippen molar-refractivity contribution in [3.05, 3.63) is 83.8 Å². The molecule has 0 fully saturated rings. The van der Waals surface area contributed by atoms with E-state index in [1.807, 2.05) is 47.9 Å². The predicted molar refractivity (Wildman–Crippen MR) is 116 cm³/mol. The van der Waals surface area contributed by atoms with Gasteiger partial charge in [0.1, 0.15) is 11.5 Å². The van der Waals surface area contributed by atoms with E-state index in [4.69, 9.17) is 4.42 Å². The third-order valence-electron chi connectivity index (χ3n) is 4.73. The van der Waals surface area contributed by atoms with Gasteiger partial charge in [-0.2, -0.15) is 8.78 Å². The SMILES string of the molecule is Cc1occc1-c1nnc(SCC(=O)c2ccc(OC(F)F)cc2)n1Cc1ccccc1. The van der Waals surface area contributed by atoms with Crippen molar-refractivity contribution < 1.29 is 22.7 Å². The Balaban J connectivity index is 1.53. The van der Waals surface area contributed by atoms with E-state index in [2.05, 4.69) is 14.9 Å². The number of halogens is 2. The molecule has 0 atom stereocenters. The fraction of sp³-hybridized carbons (Fsp3) is 0.174. The molecule has 32 heavy (non-hydrogen) atoms. The summed E-state index contributed by atoms with van der Waals surface area (Å²) >= 11 is 1.27. The number of ketones is 1. The van der Waals surface area contributed by atoms with Gasteiger partial charge in [0, 0.05) is 5.56 Å². The molecule has 2 aromatic carbocycles. The third-order valence-corrected chi connectivity index (χ3v) is 5.70. The van der Waals surface area contributed by atoms with Crippen molar-refractivity contribution in [1.29, 1.82) is 0 Å². The summed E-state index contributed by atoms with van der Waals surface area (Å²) in [6.07, 6.45) is 1.60. The molecule has 0 aliphatic carbocycles. The van der Waals surface area contributed by atoms with Crippen molar-refractivity contribution in [2.24, 2.45) is 0 Å². The van der Waals surface area contributed by atoms with E-state index in [0.29, 0.717) is 23.1 Å². The molecule has 0 bridgehead atoms. The molecule has 0 spiro atoms. The third kappa shape index (κ3) is 5.05. The van der Waals surface area contributed by atoms with Crippen LogP contribution in [0.5, 0.6) is 5.75 Å². The lowest BCUT2D eigenvalue weighted by molar-refractivity contribution is -0.0498. The molecule has 0 radical (unpaired) electrons. The second-order valence-electron chi connectivity index (χ2n) is 6.88. The average Bonchev–Trinajstić information content (AvgIpc) is 3.38. The van der Waals surface area contributed by atoms with Crippen molar-refractivity contribution in [3.8, 4) is 17.1 Å². The van der Waals surface area contributed by atoms with Gasteiger partial charge in [-0.3, -0.25) is 9.36 Å². The molecule has 164 valence electrons. The zero-order valence-corrected chi connectivity index (χ0v) is 17.9. The van der Waals surface area contributed by atoms with E-state index in [1.54, 1.807) is 6.26 Å². The molecule has 6 nitrogen and oxygen atoms in total. The molecule has 2 heterocycles. The highest BCUT2D eigenvalue weighted by Gasteiger charge is 2.19. The van der Waals surface area contributed by atoms with Gasteiger partial charge in [-0.25, -0.2) is 0 Å². The summed E-state index contributed by atoms with van der Waals surface area (Å²) in [6, 6.07) is 17.4. The smallest absolute Gasteiger partial charge is 0.387 e. The van der Waals surface area contributed by atoms with E-state index in [1.165, 1.54) is 36.0 Å². The van der Waals surface area contributed by atoms with E-state index < -0.39 is 6.61 Å². The fourth-order valence-corrected chi connectivity index (χ4v) is 3.99. The Labute approximate surface area is 187 Å². The summed E-state index contributed by atoms with van der Waals surface area (Å²) in [5, 5.41) is 9.23. The van der Waals surface area contributed by atoms with Crippen LogP contribution in [0.4, 0.5) is 8.78 Å². The summed E-state index contributed by atoms with van der Waals surface area (Å²) in [5.41, 5.74) is 2.30. The van der Waals surface area contributed by atoms with Gasteiger partial charge in [-0.1, -0.05) is 42.1 Å². The summed E-state index contributed by atoms with van der Waals surface area (Å²) in [7, 11) is 0. The van der Waals surface area contributed by atoms with Crippen LogP contribution in [-0.4, -0.2) is 32.9 Å². The molecule has 2 aromatic heterocycles. The normalized spacial score (nSPS) is 11.1. The van der Waals surface area contributed by atoms with Crippen molar-refractivity contribution in [2.75, 3.05) is 5.75 Å². The molecule has 4 aromatic rings. The average molecular weight is 455 g/mol. The van der Waals surface area contributed by atoms with E-state index in [0.717, 1.165) is 16.9 Å². The molecule has 0 saturated heterocycles. The first-order chi connectivity index (χ1) is 15.5. The first-order valence-electron chi connectivity index (χ1n) is 9.73. The monoisotopic (exact) mass is 455 g/mol. The summed E-state index contributed by atoms with van der Waals surface area (Å²) in [4.78, 5) is 12.6. The Morgan fingerprint density at radius 2 is 1.84 bits per heavy atom. The second kappa shape index (κ2) is 9.78. The van der Waals surface area contributed by atoms with Gasteiger partial charge in [0.15, 0.2) is 16.8 Å². The molecular formula is C23H19F2N3O3S. The topological polar surface area (TPSA) is 70.2 Å². The molecule has 0 aliphatic rings. The molecule has 9 heteroatoms. The van der Waals surface area contributed by atoms with Crippen LogP contribution in [0.1, 0.15) is 21.7 Å². The minimum atomic E-state index is -2.91. The lowest BCUT2D eigenvalue weighted by Gasteiger charge is -2.10. The molecule has 0 N–H and O–H groups in total. The summed E-state index contributed by atoms with van der Waals surface area (Å²) < 4.78 is 36.3. The molecule has 0 aliphatic heterocycles. The quantitative estimate of drug-likeness (QED) is 0.246. The molecular weight excluding hydrogens is 436 g/mol. The highest BCUT2D eigenvalue weighted by molar-refractivity contribution is 7.99. The number of aromatic nitrogens is 3. The zero-order chi connectivity index (χ0) is 22.5. The van der Waals surface area contributed by atoms with Gasteiger partial charge < -0.3 is 9.15 Å². The Bertz CT molecular complexity index is 1190. The number of benzene rings is 2.